The normalized spacial score (nSPS) is 10.6. The molecule has 2 amide bonds. The number of hydrogen-bond donors (Lipinski definition) is 1. The predicted molar refractivity (Wildman–Crippen MR) is 177 cm³/mol. The van der Waals surface area contributed by atoms with Gasteiger partial charge in [-0.2, -0.15) is 0 Å². The molecule has 238 valence electrons. The van der Waals surface area contributed by atoms with Gasteiger partial charge in [0.25, 0.3) is 11.8 Å². The molecule has 0 spiro atoms. The molecule has 1 aromatic heterocycles. The van der Waals surface area contributed by atoms with Gasteiger partial charge in [-0.25, -0.2) is 0 Å². The number of rotatable bonds is 15. The average Bonchev–Trinajstić information content (AvgIpc) is 3.11. The molecule has 0 unspecified atom stereocenters. The second-order valence-electron chi connectivity index (χ2n) is 10.8. The topological polar surface area (TPSA) is 109 Å². The molecule has 0 bridgehead atoms. The summed E-state index contributed by atoms with van der Waals surface area (Å²) in [5.41, 5.74) is 3.63. The monoisotopic (exact) mass is 629 g/mol. The Bertz CT molecular complexity index is 1730. The molecule has 0 aliphatic heterocycles. The molecule has 9 nitrogen and oxygen atoms in total. The molecule has 0 saturated heterocycles. The number of hydrogen-bond acceptors (Lipinski definition) is 6. The Morgan fingerprint density at radius 2 is 1.17 bits per heavy atom. The van der Waals surface area contributed by atoms with Crippen LogP contribution in [0.25, 0.3) is 0 Å². The van der Waals surface area contributed by atoms with Crippen molar-refractivity contribution in [3.8, 4) is 11.5 Å². The van der Waals surface area contributed by atoms with Gasteiger partial charge < -0.3 is 24.4 Å². The molecule has 0 fully saturated rings. The van der Waals surface area contributed by atoms with Gasteiger partial charge in [-0.15, -0.1) is 0 Å². The molecule has 47 heavy (non-hydrogen) atoms. The van der Waals surface area contributed by atoms with Crippen molar-refractivity contribution >= 4 is 17.8 Å². The van der Waals surface area contributed by atoms with E-state index in [-0.39, 0.29) is 19.1 Å². The van der Waals surface area contributed by atoms with Gasteiger partial charge in [0.05, 0.1) is 12.1 Å². The number of amides is 2. The lowest BCUT2D eigenvalue weighted by Gasteiger charge is -2.23. The van der Waals surface area contributed by atoms with E-state index in [9.17, 15) is 19.5 Å². The molecule has 4 aromatic carbocycles. The summed E-state index contributed by atoms with van der Waals surface area (Å²) in [5.74, 6) is -0.485. The van der Waals surface area contributed by atoms with Crippen LogP contribution in [0.5, 0.6) is 11.5 Å². The first-order chi connectivity index (χ1) is 22.9. The minimum absolute atomic E-state index is 0.116. The largest absolute Gasteiger partial charge is 0.492 e. The molecule has 1 N–H and O–H groups in total. The quantitative estimate of drug-likeness (QED) is 0.149. The van der Waals surface area contributed by atoms with E-state index < -0.39 is 18.4 Å². The zero-order chi connectivity index (χ0) is 32.8. The molecular formula is C38H35N3O6. The van der Waals surface area contributed by atoms with Crippen molar-refractivity contribution in [3.63, 3.8) is 0 Å². The third kappa shape index (κ3) is 9.76. The summed E-state index contributed by atoms with van der Waals surface area (Å²) >= 11 is 0. The van der Waals surface area contributed by atoms with Crippen LogP contribution in [0.3, 0.4) is 0 Å². The smallest absolute Gasteiger partial charge is 0.323 e. The van der Waals surface area contributed by atoms with Crippen molar-refractivity contribution in [1.82, 2.24) is 14.8 Å². The molecule has 9 heteroatoms. The zero-order valence-electron chi connectivity index (χ0n) is 25.8. The number of ether oxygens (including phenoxy) is 2. The van der Waals surface area contributed by atoms with E-state index in [0.717, 1.165) is 16.7 Å². The molecule has 0 aliphatic carbocycles. The van der Waals surface area contributed by atoms with Crippen molar-refractivity contribution in [2.24, 2.45) is 0 Å². The number of carbonyl (C=O) groups is 3. The van der Waals surface area contributed by atoms with Crippen LogP contribution in [0, 0.1) is 0 Å². The highest BCUT2D eigenvalue weighted by atomic mass is 16.5. The summed E-state index contributed by atoms with van der Waals surface area (Å²) in [6.07, 6.45) is 3.17. The Hall–Kier alpha value is -5.96. The summed E-state index contributed by atoms with van der Waals surface area (Å²) in [5, 5.41) is 9.51. The number of carboxylic acid groups (broad SMARTS) is 1. The number of carbonyl (C=O) groups excluding carboxylic acids is 2. The van der Waals surface area contributed by atoms with Crippen LogP contribution < -0.4 is 9.47 Å². The summed E-state index contributed by atoms with van der Waals surface area (Å²) in [7, 11) is 0. The number of benzene rings is 4. The van der Waals surface area contributed by atoms with Crippen molar-refractivity contribution in [2.45, 2.75) is 19.7 Å². The van der Waals surface area contributed by atoms with Crippen LogP contribution in [-0.2, 0) is 24.5 Å². The highest BCUT2D eigenvalue weighted by molar-refractivity contribution is 5.96. The number of nitrogens with zero attached hydrogens (tertiary/aromatic N) is 3. The van der Waals surface area contributed by atoms with Gasteiger partial charge in [-0.3, -0.25) is 19.4 Å². The summed E-state index contributed by atoms with van der Waals surface area (Å²) < 4.78 is 11.8. The Labute approximate surface area is 273 Å². The number of aromatic nitrogens is 1. The number of aliphatic carboxylic acids is 1. The molecule has 5 aromatic rings. The van der Waals surface area contributed by atoms with E-state index in [1.54, 1.807) is 65.8 Å². The number of pyridine rings is 1. The first kappa shape index (κ1) is 32.4. The summed E-state index contributed by atoms with van der Waals surface area (Å²) in [4.78, 5) is 45.3. The summed E-state index contributed by atoms with van der Waals surface area (Å²) in [6, 6.07) is 36.8. The molecule has 1 heterocycles. The van der Waals surface area contributed by atoms with Gasteiger partial charge in [-0.1, -0.05) is 72.8 Å². The first-order valence-electron chi connectivity index (χ1n) is 15.2. The van der Waals surface area contributed by atoms with Gasteiger partial charge >= 0.3 is 5.97 Å². The van der Waals surface area contributed by atoms with Crippen molar-refractivity contribution in [2.75, 3.05) is 19.7 Å². The standard InChI is InChI=1S/C38H35N3O6/c42-36(43)27-41(26-30-13-17-35(18-14-30)47-28-31-10-5-2-6-11-31)37(44)32-15-19-34(20-16-32)46-23-22-40(25-29-8-3-1-4-9-29)38(45)33-12-7-21-39-24-33/h1-21,24H,22-23,25-28H2,(H,42,43). The predicted octanol–water partition coefficient (Wildman–Crippen LogP) is 6.11. The van der Waals surface area contributed by atoms with E-state index in [2.05, 4.69) is 4.98 Å². The Balaban J connectivity index is 1.17. The van der Waals surface area contributed by atoms with Crippen molar-refractivity contribution < 1.29 is 29.0 Å². The molecular weight excluding hydrogens is 594 g/mol. The summed E-state index contributed by atoms with van der Waals surface area (Å²) in [6.45, 7) is 1.05. The molecule has 0 saturated carbocycles. The highest BCUT2D eigenvalue weighted by Crippen LogP contribution is 2.19. The van der Waals surface area contributed by atoms with Crippen LogP contribution in [0.1, 0.15) is 37.4 Å². The van der Waals surface area contributed by atoms with Crippen LogP contribution in [0.4, 0.5) is 0 Å². The fourth-order valence-electron chi connectivity index (χ4n) is 4.89. The van der Waals surface area contributed by atoms with E-state index >= 15 is 0 Å². The van der Waals surface area contributed by atoms with E-state index in [4.69, 9.17) is 9.47 Å². The lowest BCUT2D eigenvalue weighted by atomic mass is 10.1. The third-order valence-corrected chi connectivity index (χ3v) is 7.30. The van der Waals surface area contributed by atoms with Crippen LogP contribution in [-0.4, -0.2) is 57.4 Å². The lowest BCUT2D eigenvalue weighted by Crippen LogP contribution is -2.35. The van der Waals surface area contributed by atoms with Gasteiger partial charge in [0.2, 0.25) is 0 Å². The molecule has 5 rings (SSSR count). The highest BCUT2D eigenvalue weighted by Gasteiger charge is 2.20. The van der Waals surface area contributed by atoms with Crippen LogP contribution in [0.2, 0.25) is 0 Å². The fourth-order valence-corrected chi connectivity index (χ4v) is 4.89. The minimum atomic E-state index is -1.11. The maximum Gasteiger partial charge on any atom is 0.323 e. The third-order valence-electron chi connectivity index (χ3n) is 7.30. The Kier molecular flexibility index (Phi) is 11.3. The van der Waals surface area contributed by atoms with Gasteiger partial charge in [0.15, 0.2) is 0 Å². The van der Waals surface area contributed by atoms with E-state index in [1.165, 1.54) is 4.90 Å². The first-order valence-corrected chi connectivity index (χ1v) is 15.2. The Morgan fingerprint density at radius 1 is 0.596 bits per heavy atom. The van der Waals surface area contributed by atoms with E-state index in [0.29, 0.717) is 42.3 Å². The van der Waals surface area contributed by atoms with Gasteiger partial charge in [0, 0.05) is 31.0 Å². The minimum Gasteiger partial charge on any atom is -0.492 e. The molecule has 0 atom stereocenters. The maximum atomic E-state index is 13.4. The van der Waals surface area contributed by atoms with Crippen molar-refractivity contribution in [3.05, 3.63) is 162 Å². The van der Waals surface area contributed by atoms with Gasteiger partial charge in [0.1, 0.15) is 31.3 Å². The van der Waals surface area contributed by atoms with E-state index in [1.807, 2.05) is 72.8 Å². The molecule has 0 aliphatic rings. The number of carboxylic acids is 1. The second kappa shape index (κ2) is 16.4. The average molecular weight is 630 g/mol. The fraction of sp³-hybridized carbons (Fsp3) is 0.158. The van der Waals surface area contributed by atoms with Crippen molar-refractivity contribution in [1.29, 1.82) is 0 Å². The zero-order valence-corrected chi connectivity index (χ0v) is 25.8. The SMILES string of the molecule is O=C(O)CN(Cc1ccc(OCc2ccccc2)cc1)C(=O)c1ccc(OCCN(Cc2ccccc2)C(=O)c2cccnc2)cc1. The van der Waals surface area contributed by atoms with Crippen LogP contribution >= 0.6 is 0 Å². The van der Waals surface area contributed by atoms with Gasteiger partial charge in [-0.05, 0) is 65.2 Å². The van der Waals surface area contributed by atoms with Crippen LogP contribution in [0.15, 0.2) is 134 Å². The lowest BCUT2D eigenvalue weighted by molar-refractivity contribution is -0.137. The Morgan fingerprint density at radius 3 is 1.81 bits per heavy atom. The molecule has 0 radical (unpaired) electrons. The maximum absolute atomic E-state index is 13.4. The second-order valence-corrected chi connectivity index (χ2v) is 10.8.